The van der Waals surface area contributed by atoms with Crippen LogP contribution in [-0.4, -0.2) is 16.3 Å². The van der Waals surface area contributed by atoms with Gasteiger partial charge < -0.3 is 5.32 Å². The molecule has 0 spiro atoms. The third-order valence-corrected chi connectivity index (χ3v) is 1.26. The largest absolute Gasteiger partial charge is 0.372 e. The van der Waals surface area contributed by atoms with Crippen LogP contribution < -0.4 is 5.32 Å². The maximum absolute atomic E-state index is 4.00. The second kappa shape index (κ2) is 3.67. The van der Waals surface area contributed by atoms with Crippen molar-refractivity contribution in [3.63, 3.8) is 0 Å². The normalized spacial score (nSPS) is 8.55. The highest BCUT2D eigenvalue weighted by molar-refractivity contribution is 5.39. The zero-order valence-corrected chi connectivity index (χ0v) is 6.76. The fraction of sp³-hybridized carbons (Fsp3) is 0.375. The first-order valence-corrected chi connectivity index (χ1v) is 3.45. The lowest BCUT2D eigenvalue weighted by Gasteiger charge is -1.93. The topological polar surface area (TPSA) is 29.9 Å². The summed E-state index contributed by atoms with van der Waals surface area (Å²) in [5.41, 5.74) is 1.01. The molecule has 0 aliphatic heterocycles. The molecule has 1 N–H and O–H groups in total. The Morgan fingerprint density at radius 1 is 1.73 bits per heavy atom. The van der Waals surface area contributed by atoms with E-state index in [1.54, 1.807) is 10.9 Å². The fourth-order valence-corrected chi connectivity index (χ4v) is 0.747. The Morgan fingerprint density at radius 3 is 3.09 bits per heavy atom. The number of nitrogens with zero attached hydrogens (tertiary/aromatic N) is 2. The minimum absolute atomic E-state index is 0.683. The van der Waals surface area contributed by atoms with Gasteiger partial charge in [0.15, 0.2) is 0 Å². The highest BCUT2D eigenvalue weighted by Crippen LogP contribution is 2.01. The Labute approximate surface area is 66.4 Å². The Bertz CT molecular complexity index is 277. The number of hydrogen-bond acceptors (Lipinski definition) is 2. The first-order chi connectivity index (χ1) is 5.33. The Kier molecular flexibility index (Phi) is 2.56. The van der Waals surface area contributed by atoms with E-state index < -0.39 is 0 Å². The van der Waals surface area contributed by atoms with Gasteiger partial charge in [0.05, 0.1) is 18.4 Å². The fourth-order valence-electron chi connectivity index (χ4n) is 0.747. The lowest BCUT2D eigenvalue weighted by atomic mass is 10.5. The van der Waals surface area contributed by atoms with Crippen molar-refractivity contribution >= 4 is 5.69 Å². The van der Waals surface area contributed by atoms with E-state index in [4.69, 9.17) is 0 Å². The van der Waals surface area contributed by atoms with E-state index in [0.29, 0.717) is 6.54 Å². The van der Waals surface area contributed by atoms with Crippen LogP contribution in [0.4, 0.5) is 5.69 Å². The van der Waals surface area contributed by atoms with Crippen LogP contribution in [0.25, 0.3) is 0 Å². The van der Waals surface area contributed by atoms with Crippen molar-refractivity contribution < 1.29 is 0 Å². The van der Waals surface area contributed by atoms with Gasteiger partial charge in [-0.1, -0.05) is 5.92 Å². The lowest BCUT2D eigenvalue weighted by molar-refractivity contribution is 0.768. The molecule has 0 atom stereocenters. The third kappa shape index (κ3) is 2.34. The summed E-state index contributed by atoms with van der Waals surface area (Å²) in [5.74, 6) is 5.71. The molecule has 1 aromatic rings. The SMILES string of the molecule is CC#CCNc1cnn(C)c1. The molecule has 1 heterocycles. The summed E-state index contributed by atoms with van der Waals surface area (Å²) in [6.45, 7) is 2.51. The maximum Gasteiger partial charge on any atom is 0.0766 e. The molecule has 0 fully saturated rings. The molecule has 11 heavy (non-hydrogen) atoms. The molecule has 0 aliphatic carbocycles. The maximum atomic E-state index is 4.00. The van der Waals surface area contributed by atoms with Gasteiger partial charge in [0.25, 0.3) is 0 Å². The smallest absolute Gasteiger partial charge is 0.0766 e. The predicted octanol–water partition coefficient (Wildman–Crippen LogP) is 0.855. The number of nitrogens with one attached hydrogen (secondary N) is 1. The molecule has 3 heteroatoms. The number of anilines is 1. The Morgan fingerprint density at radius 2 is 2.55 bits per heavy atom. The van der Waals surface area contributed by atoms with Gasteiger partial charge in [-0.15, -0.1) is 5.92 Å². The van der Waals surface area contributed by atoms with Crippen LogP contribution in [0.5, 0.6) is 0 Å². The number of hydrogen-bond donors (Lipinski definition) is 1. The van der Waals surface area contributed by atoms with E-state index in [1.165, 1.54) is 0 Å². The van der Waals surface area contributed by atoms with Gasteiger partial charge in [0.2, 0.25) is 0 Å². The summed E-state index contributed by atoms with van der Waals surface area (Å²) in [6, 6.07) is 0. The molecule has 1 aromatic heterocycles. The van der Waals surface area contributed by atoms with Gasteiger partial charge >= 0.3 is 0 Å². The van der Waals surface area contributed by atoms with Crippen molar-refractivity contribution in [2.45, 2.75) is 6.92 Å². The van der Waals surface area contributed by atoms with E-state index in [1.807, 2.05) is 20.2 Å². The number of rotatable bonds is 2. The molecular formula is C8H11N3. The molecule has 3 nitrogen and oxygen atoms in total. The van der Waals surface area contributed by atoms with E-state index in [9.17, 15) is 0 Å². The van der Waals surface area contributed by atoms with E-state index in [-0.39, 0.29) is 0 Å². The zero-order chi connectivity index (χ0) is 8.10. The highest BCUT2D eigenvalue weighted by Gasteiger charge is 1.90. The van der Waals surface area contributed by atoms with Gasteiger partial charge in [-0.3, -0.25) is 4.68 Å². The predicted molar refractivity (Wildman–Crippen MR) is 45.1 cm³/mol. The third-order valence-electron chi connectivity index (χ3n) is 1.26. The summed E-state index contributed by atoms with van der Waals surface area (Å²) in [4.78, 5) is 0. The first kappa shape index (κ1) is 7.67. The summed E-state index contributed by atoms with van der Waals surface area (Å²) < 4.78 is 1.75. The van der Waals surface area contributed by atoms with E-state index in [2.05, 4.69) is 22.3 Å². The molecule has 1 rings (SSSR count). The second-order valence-corrected chi connectivity index (χ2v) is 2.18. The van der Waals surface area contributed by atoms with Crippen LogP contribution >= 0.6 is 0 Å². The van der Waals surface area contributed by atoms with Gasteiger partial charge in [-0.05, 0) is 6.92 Å². The van der Waals surface area contributed by atoms with Crippen LogP contribution in [0.3, 0.4) is 0 Å². The molecule has 0 amide bonds. The van der Waals surface area contributed by atoms with Gasteiger partial charge in [0, 0.05) is 13.2 Å². The second-order valence-electron chi connectivity index (χ2n) is 2.18. The average Bonchev–Trinajstić information content (AvgIpc) is 2.37. The van der Waals surface area contributed by atoms with Crippen molar-refractivity contribution in [3.8, 4) is 11.8 Å². The molecule has 0 unspecified atom stereocenters. The summed E-state index contributed by atoms with van der Waals surface area (Å²) in [7, 11) is 1.89. The molecule has 0 aliphatic rings. The van der Waals surface area contributed by atoms with Gasteiger partial charge in [-0.2, -0.15) is 5.10 Å². The first-order valence-electron chi connectivity index (χ1n) is 3.45. The van der Waals surface area contributed by atoms with Crippen molar-refractivity contribution in [1.82, 2.24) is 9.78 Å². The summed E-state index contributed by atoms with van der Waals surface area (Å²) in [5, 5.41) is 7.11. The van der Waals surface area contributed by atoms with Crippen LogP contribution in [-0.2, 0) is 7.05 Å². The standard InChI is InChI=1S/C8H11N3/c1-3-4-5-9-8-6-10-11(2)7-8/h6-7,9H,5H2,1-2H3. The minimum Gasteiger partial charge on any atom is -0.372 e. The average molecular weight is 149 g/mol. The molecular weight excluding hydrogens is 138 g/mol. The molecule has 0 saturated carbocycles. The lowest BCUT2D eigenvalue weighted by Crippen LogP contribution is -1.96. The van der Waals surface area contributed by atoms with Crippen molar-refractivity contribution in [2.24, 2.45) is 7.05 Å². The van der Waals surface area contributed by atoms with Gasteiger partial charge in [0.1, 0.15) is 0 Å². The van der Waals surface area contributed by atoms with Crippen LogP contribution in [0, 0.1) is 11.8 Å². The quantitative estimate of drug-likeness (QED) is 0.632. The van der Waals surface area contributed by atoms with Crippen LogP contribution in [0.1, 0.15) is 6.92 Å². The minimum atomic E-state index is 0.683. The van der Waals surface area contributed by atoms with E-state index >= 15 is 0 Å². The van der Waals surface area contributed by atoms with Gasteiger partial charge in [-0.25, -0.2) is 0 Å². The molecule has 0 saturated heterocycles. The highest BCUT2D eigenvalue weighted by atomic mass is 15.3. The molecule has 58 valence electrons. The number of aromatic nitrogens is 2. The van der Waals surface area contributed by atoms with Crippen molar-refractivity contribution in [2.75, 3.05) is 11.9 Å². The van der Waals surface area contributed by atoms with Crippen molar-refractivity contribution in [1.29, 1.82) is 0 Å². The Balaban J connectivity index is 2.43. The number of aryl methyl sites for hydroxylation is 1. The summed E-state index contributed by atoms with van der Waals surface area (Å²) in [6.07, 6.45) is 3.69. The monoisotopic (exact) mass is 149 g/mol. The van der Waals surface area contributed by atoms with Crippen LogP contribution in [0.15, 0.2) is 12.4 Å². The molecule has 0 aromatic carbocycles. The molecule has 0 radical (unpaired) electrons. The summed E-state index contributed by atoms with van der Waals surface area (Å²) >= 11 is 0. The van der Waals surface area contributed by atoms with Crippen LogP contribution in [0.2, 0.25) is 0 Å². The zero-order valence-electron chi connectivity index (χ0n) is 6.76. The van der Waals surface area contributed by atoms with Crippen molar-refractivity contribution in [3.05, 3.63) is 12.4 Å². The Hall–Kier alpha value is -1.43. The van der Waals surface area contributed by atoms with E-state index in [0.717, 1.165) is 5.69 Å². The molecule has 0 bridgehead atoms.